The molecule has 3 heterocycles. The van der Waals surface area contributed by atoms with Crippen LogP contribution >= 0.6 is 0 Å². The third-order valence-corrected chi connectivity index (χ3v) is 5.84. The standard InChI is InChI=1S/C26H37FN6/c1-4-8-22(27)9-7-12-28-25-11-6-10-24(31-25)23-19-26(30-20-21(23)5-2)29-13-14-33-17-15-32(3)16-18-33/h4,6,8-11,19-20H,5,7,12-18H2,1-3H3,(H,28,31)(H,29,30)/b8-4-,22-9+. The van der Waals surface area contributed by atoms with Crippen LogP contribution in [0, 0.1) is 0 Å². The van der Waals surface area contributed by atoms with E-state index in [-0.39, 0.29) is 5.83 Å². The van der Waals surface area contributed by atoms with Crippen molar-refractivity contribution in [3.8, 4) is 11.3 Å². The molecular weight excluding hydrogens is 415 g/mol. The number of rotatable bonds is 11. The van der Waals surface area contributed by atoms with Crippen LogP contribution in [-0.2, 0) is 6.42 Å². The lowest BCUT2D eigenvalue weighted by atomic mass is 10.0. The van der Waals surface area contributed by atoms with Crippen LogP contribution < -0.4 is 10.6 Å². The van der Waals surface area contributed by atoms with Gasteiger partial charge in [-0.2, -0.15) is 0 Å². The van der Waals surface area contributed by atoms with Crippen molar-refractivity contribution in [2.24, 2.45) is 0 Å². The third-order valence-electron chi connectivity index (χ3n) is 5.84. The summed E-state index contributed by atoms with van der Waals surface area (Å²) in [5.74, 6) is 1.45. The highest BCUT2D eigenvalue weighted by molar-refractivity contribution is 5.68. The first-order chi connectivity index (χ1) is 16.1. The predicted molar refractivity (Wildman–Crippen MR) is 136 cm³/mol. The van der Waals surface area contributed by atoms with Crippen LogP contribution in [0.5, 0.6) is 0 Å². The highest BCUT2D eigenvalue weighted by atomic mass is 19.1. The van der Waals surface area contributed by atoms with Crippen molar-refractivity contribution in [2.45, 2.75) is 26.7 Å². The van der Waals surface area contributed by atoms with Crippen LogP contribution in [0.2, 0.25) is 0 Å². The zero-order chi connectivity index (χ0) is 23.5. The molecular formula is C26H37FN6. The number of halogens is 1. The quantitative estimate of drug-likeness (QED) is 0.384. The monoisotopic (exact) mass is 452 g/mol. The molecule has 0 aromatic carbocycles. The van der Waals surface area contributed by atoms with Crippen molar-refractivity contribution >= 4 is 11.6 Å². The Hall–Kier alpha value is -2.77. The highest BCUT2D eigenvalue weighted by Crippen LogP contribution is 2.25. The number of aromatic nitrogens is 2. The fourth-order valence-corrected chi connectivity index (χ4v) is 3.83. The van der Waals surface area contributed by atoms with E-state index in [9.17, 15) is 4.39 Å². The molecule has 7 heteroatoms. The number of nitrogens with one attached hydrogen (secondary N) is 2. The second-order valence-corrected chi connectivity index (χ2v) is 8.36. The zero-order valence-corrected chi connectivity index (χ0v) is 20.1. The van der Waals surface area contributed by atoms with Gasteiger partial charge >= 0.3 is 0 Å². The molecule has 1 saturated heterocycles. The summed E-state index contributed by atoms with van der Waals surface area (Å²) in [7, 11) is 2.18. The van der Waals surface area contributed by atoms with Gasteiger partial charge in [-0.15, -0.1) is 0 Å². The molecule has 1 aliphatic rings. The van der Waals surface area contributed by atoms with Crippen molar-refractivity contribution in [2.75, 3.05) is 63.5 Å². The van der Waals surface area contributed by atoms with Gasteiger partial charge in [-0.3, -0.25) is 4.90 Å². The van der Waals surface area contributed by atoms with Gasteiger partial charge in [0.05, 0.1) is 5.69 Å². The lowest BCUT2D eigenvalue weighted by Gasteiger charge is -2.32. The lowest BCUT2D eigenvalue weighted by Crippen LogP contribution is -2.45. The van der Waals surface area contributed by atoms with Crippen molar-refractivity contribution in [1.82, 2.24) is 19.8 Å². The van der Waals surface area contributed by atoms with Gasteiger partial charge < -0.3 is 15.5 Å². The normalized spacial score (nSPS) is 15.8. The van der Waals surface area contributed by atoms with Crippen LogP contribution in [0.25, 0.3) is 11.3 Å². The number of piperazine rings is 1. The fraction of sp³-hybridized carbons (Fsp3) is 0.462. The fourth-order valence-electron chi connectivity index (χ4n) is 3.83. The molecule has 33 heavy (non-hydrogen) atoms. The maximum absolute atomic E-state index is 13.5. The van der Waals surface area contributed by atoms with Crippen molar-refractivity contribution in [3.05, 3.63) is 60.1 Å². The number of nitrogens with zero attached hydrogens (tertiary/aromatic N) is 4. The highest BCUT2D eigenvalue weighted by Gasteiger charge is 2.13. The van der Waals surface area contributed by atoms with Gasteiger partial charge in [-0.25, -0.2) is 14.4 Å². The molecule has 0 aliphatic carbocycles. The van der Waals surface area contributed by atoms with E-state index in [1.54, 1.807) is 19.1 Å². The largest absolute Gasteiger partial charge is 0.370 e. The molecule has 1 fully saturated rings. The molecule has 178 valence electrons. The van der Waals surface area contributed by atoms with Crippen LogP contribution in [0.15, 0.2) is 54.5 Å². The summed E-state index contributed by atoms with van der Waals surface area (Å²) in [4.78, 5) is 14.3. The first-order valence-electron chi connectivity index (χ1n) is 11.9. The van der Waals surface area contributed by atoms with Gasteiger partial charge in [0.2, 0.25) is 0 Å². The Labute approximate surface area is 197 Å². The average Bonchev–Trinajstić information content (AvgIpc) is 2.83. The van der Waals surface area contributed by atoms with Crippen LogP contribution in [0.4, 0.5) is 16.0 Å². The molecule has 0 bridgehead atoms. The molecule has 3 rings (SSSR count). The van der Waals surface area contributed by atoms with E-state index in [1.807, 2.05) is 24.4 Å². The number of aryl methyl sites for hydroxylation is 1. The molecule has 0 atom stereocenters. The molecule has 0 saturated carbocycles. The van der Waals surface area contributed by atoms with Crippen LogP contribution in [0.3, 0.4) is 0 Å². The van der Waals surface area contributed by atoms with Crippen LogP contribution in [0.1, 0.15) is 25.8 Å². The number of anilines is 2. The molecule has 0 amide bonds. The first-order valence-corrected chi connectivity index (χ1v) is 11.9. The molecule has 2 N–H and O–H groups in total. The molecule has 0 radical (unpaired) electrons. The molecule has 0 spiro atoms. The Morgan fingerprint density at radius 3 is 2.67 bits per heavy atom. The van der Waals surface area contributed by atoms with E-state index in [1.165, 1.54) is 11.6 Å². The second-order valence-electron chi connectivity index (χ2n) is 8.36. The minimum atomic E-state index is -0.210. The van der Waals surface area contributed by atoms with Gasteiger partial charge in [-0.05, 0) is 62.7 Å². The van der Waals surface area contributed by atoms with Gasteiger partial charge in [-0.1, -0.05) is 19.1 Å². The summed E-state index contributed by atoms with van der Waals surface area (Å²) < 4.78 is 13.5. The molecule has 2 aromatic rings. The number of allylic oxidation sites excluding steroid dienone is 3. The molecule has 2 aromatic heterocycles. The average molecular weight is 453 g/mol. The predicted octanol–water partition coefficient (Wildman–Crippen LogP) is 4.60. The van der Waals surface area contributed by atoms with E-state index < -0.39 is 0 Å². The number of hydrogen-bond acceptors (Lipinski definition) is 6. The summed E-state index contributed by atoms with van der Waals surface area (Å²) in [6.07, 6.45) is 8.17. The third kappa shape index (κ3) is 7.94. The van der Waals surface area contributed by atoms with Crippen LogP contribution in [-0.4, -0.2) is 72.6 Å². The smallest absolute Gasteiger partial charge is 0.126 e. The molecule has 1 aliphatic heterocycles. The summed E-state index contributed by atoms with van der Waals surface area (Å²) in [6, 6.07) is 8.07. The first kappa shape index (κ1) is 24.9. The Bertz CT molecular complexity index is 934. The Kier molecular flexibility index (Phi) is 9.84. The van der Waals surface area contributed by atoms with Gasteiger partial charge in [0.1, 0.15) is 17.5 Å². The summed E-state index contributed by atoms with van der Waals surface area (Å²) >= 11 is 0. The maximum Gasteiger partial charge on any atom is 0.126 e. The molecule has 6 nitrogen and oxygen atoms in total. The topological polar surface area (TPSA) is 56.3 Å². The van der Waals surface area contributed by atoms with E-state index in [2.05, 4.69) is 45.5 Å². The Morgan fingerprint density at radius 1 is 1.12 bits per heavy atom. The maximum atomic E-state index is 13.5. The van der Waals surface area contributed by atoms with E-state index in [0.717, 1.165) is 68.6 Å². The molecule has 0 unspecified atom stereocenters. The van der Waals surface area contributed by atoms with E-state index >= 15 is 0 Å². The van der Waals surface area contributed by atoms with E-state index in [0.29, 0.717) is 13.0 Å². The van der Waals surface area contributed by atoms with E-state index in [4.69, 9.17) is 4.98 Å². The van der Waals surface area contributed by atoms with Crippen molar-refractivity contribution in [1.29, 1.82) is 0 Å². The number of hydrogen-bond donors (Lipinski definition) is 2. The minimum absolute atomic E-state index is 0.210. The summed E-state index contributed by atoms with van der Waals surface area (Å²) in [5.41, 5.74) is 3.18. The SMILES string of the molecule is C/C=C\C(F)=C/CCNc1cccc(-c2cc(NCCN3CCN(C)CC3)ncc2CC)n1. The minimum Gasteiger partial charge on any atom is -0.370 e. The van der Waals surface area contributed by atoms with Gasteiger partial charge in [0.15, 0.2) is 0 Å². The number of pyridine rings is 2. The van der Waals surface area contributed by atoms with Gasteiger partial charge in [0.25, 0.3) is 0 Å². The lowest BCUT2D eigenvalue weighted by molar-refractivity contribution is 0.158. The zero-order valence-electron chi connectivity index (χ0n) is 20.1. The number of likely N-dealkylation sites (N-methyl/N-ethyl adjacent to an activating group) is 1. The summed E-state index contributed by atoms with van der Waals surface area (Å²) in [5, 5.41) is 6.78. The second kappa shape index (κ2) is 13.1. The Morgan fingerprint density at radius 2 is 1.91 bits per heavy atom. The van der Waals surface area contributed by atoms with Crippen molar-refractivity contribution < 1.29 is 4.39 Å². The van der Waals surface area contributed by atoms with Gasteiger partial charge in [0, 0.05) is 57.6 Å². The van der Waals surface area contributed by atoms with Crippen molar-refractivity contribution in [3.63, 3.8) is 0 Å². The summed E-state index contributed by atoms with van der Waals surface area (Å²) in [6.45, 7) is 10.9. The Balaban J connectivity index is 1.61.